The first kappa shape index (κ1) is 9.15. The molecule has 1 fully saturated rings. The molecule has 0 N–H and O–H groups in total. The molecule has 1 heterocycles. The van der Waals surface area contributed by atoms with E-state index in [-0.39, 0.29) is 0 Å². The summed E-state index contributed by atoms with van der Waals surface area (Å²) in [5, 5.41) is 0. The van der Waals surface area contributed by atoms with E-state index in [0.717, 1.165) is 25.0 Å². The summed E-state index contributed by atoms with van der Waals surface area (Å²) in [6.45, 7) is 1.69. The van der Waals surface area contributed by atoms with Gasteiger partial charge in [-0.25, -0.2) is 0 Å². The number of rotatable bonds is 2. The minimum absolute atomic E-state index is 0.590. The molecule has 4 heteroatoms. The molecule has 2 atom stereocenters. The zero-order valence-electron chi connectivity index (χ0n) is 5.56. The molecule has 10 heavy (non-hydrogen) atoms. The predicted molar refractivity (Wildman–Crippen MR) is 45.5 cm³/mol. The summed E-state index contributed by atoms with van der Waals surface area (Å²) in [5.41, 5.74) is 0. The molecule has 0 amide bonds. The Morgan fingerprint density at radius 2 is 1.70 bits per heavy atom. The molecule has 0 aromatic rings. The Balaban J connectivity index is 2.25. The van der Waals surface area contributed by atoms with Crippen molar-refractivity contribution < 1.29 is 4.74 Å². The van der Waals surface area contributed by atoms with Crippen molar-refractivity contribution in [2.24, 2.45) is 0 Å². The standard InChI is InChI=1S/C6H10Cl2OSe/c7-1-5-3-9-4-6(2-8)10-5/h5-6H,1-4H2. The van der Waals surface area contributed by atoms with Gasteiger partial charge in [0, 0.05) is 0 Å². The van der Waals surface area contributed by atoms with Gasteiger partial charge in [0.25, 0.3) is 0 Å². The molecule has 60 valence electrons. The van der Waals surface area contributed by atoms with Crippen molar-refractivity contribution in [2.45, 2.75) is 9.63 Å². The first-order valence-corrected chi connectivity index (χ1v) is 6.26. The van der Waals surface area contributed by atoms with E-state index in [1.54, 1.807) is 0 Å². The molecular formula is C6H10Cl2OSe. The van der Waals surface area contributed by atoms with Crippen molar-refractivity contribution in [1.82, 2.24) is 0 Å². The van der Waals surface area contributed by atoms with E-state index in [2.05, 4.69) is 0 Å². The Hall–Kier alpha value is 1.06. The first-order valence-electron chi connectivity index (χ1n) is 3.22. The second-order valence-corrected chi connectivity index (χ2v) is 6.21. The Labute approximate surface area is 77.6 Å². The van der Waals surface area contributed by atoms with E-state index < -0.39 is 0 Å². The predicted octanol–water partition coefficient (Wildman–Crippen LogP) is 1.78. The van der Waals surface area contributed by atoms with Crippen molar-refractivity contribution in [1.29, 1.82) is 0 Å². The maximum atomic E-state index is 5.70. The van der Waals surface area contributed by atoms with Crippen LogP contribution in [-0.4, -0.2) is 39.9 Å². The van der Waals surface area contributed by atoms with Crippen LogP contribution < -0.4 is 0 Å². The number of halogens is 2. The van der Waals surface area contributed by atoms with Gasteiger partial charge in [-0.15, -0.1) is 0 Å². The molecular weight excluding hydrogens is 238 g/mol. The summed E-state index contributed by atoms with van der Waals surface area (Å²) in [6.07, 6.45) is 0. The fraction of sp³-hybridized carbons (Fsp3) is 1.00. The van der Waals surface area contributed by atoms with E-state index >= 15 is 0 Å². The molecule has 0 aromatic carbocycles. The fourth-order valence-electron chi connectivity index (χ4n) is 0.843. The Morgan fingerprint density at radius 3 is 2.10 bits per heavy atom. The average molecular weight is 248 g/mol. The summed E-state index contributed by atoms with van der Waals surface area (Å²) in [5.74, 6) is 1.46. The minimum atomic E-state index is 0.590. The van der Waals surface area contributed by atoms with E-state index in [9.17, 15) is 0 Å². The van der Waals surface area contributed by atoms with Gasteiger partial charge in [-0.2, -0.15) is 0 Å². The second-order valence-electron chi connectivity index (χ2n) is 2.23. The van der Waals surface area contributed by atoms with E-state index in [0.29, 0.717) is 24.6 Å². The van der Waals surface area contributed by atoms with Crippen LogP contribution in [0, 0.1) is 0 Å². The molecule has 0 saturated carbocycles. The zero-order valence-corrected chi connectivity index (χ0v) is 8.78. The quantitative estimate of drug-likeness (QED) is 0.534. The van der Waals surface area contributed by atoms with Crippen LogP contribution in [0.2, 0.25) is 9.63 Å². The fourth-order valence-corrected chi connectivity index (χ4v) is 3.96. The third kappa shape index (κ3) is 2.59. The van der Waals surface area contributed by atoms with Gasteiger partial charge in [-0.3, -0.25) is 0 Å². The molecule has 1 saturated heterocycles. The first-order chi connectivity index (χ1) is 4.86. The van der Waals surface area contributed by atoms with Crippen LogP contribution in [0.15, 0.2) is 0 Å². The molecule has 1 aliphatic rings. The van der Waals surface area contributed by atoms with Crippen LogP contribution in [0.25, 0.3) is 0 Å². The van der Waals surface area contributed by atoms with Crippen molar-refractivity contribution in [3.8, 4) is 0 Å². The monoisotopic (exact) mass is 248 g/mol. The zero-order chi connectivity index (χ0) is 7.40. The maximum absolute atomic E-state index is 5.70. The third-order valence-electron chi connectivity index (χ3n) is 1.34. The number of ether oxygens (including phenoxy) is 1. The number of hydrogen-bond acceptors (Lipinski definition) is 1. The van der Waals surface area contributed by atoms with Crippen LogP contribution in [0.4, 0.5) is 0 Å². The van der Waals surface area contributed by atoms with Gasteiger partial charge in [0.15, 0.2) is 0 Å². The molecule has 0 aliphatic carbocycles. The van der Waals surface area contributed by atoms with Crippen LogP contribution in [-0.2, 0) is 4.74 Å². The van der Waals surface area contributed by atoms with Crippen molar-refractivity contribution in [3.63, 3.8) is 0 Å². The summed E-state index contributed by atoms with van der Waals surface area (Å²) in [6, 6.07) is 0. The van der Waals surface area contributed by atoms with Crippen LogP contribution in [0.5, 0.6) is 0 Å². The Morgan fingerprint density at radius 1 is 1.20 bits per heavy atom. The molecule has 1 nitrogen and oxygen atoms in total. The molecule has 0 aromatic heterocycles. The topological polar surface area (TPSA) is 9.23 Å². The Bertz CT molecular complexity index is 91.7. The van der Waals surface area contributed by atoms with Gasteiger partial charge in [0.05, 0.1) is 0 Å². The van der Waals surface area contributed by atoms with Gasteiger partial charge in [0.1, 0.15) is 0 Å². The summed E-state index contributed by atoms with van der Waals surface area (Å²) in [7, 11) is 0. The SMILES string of the molecule is ClCC1COCC(CCl)[Se]1. The number of alkyl halides is 2. The summed E-state index contributed by atoms with van der Waals surface area (Å²) < 4.78 is 5.32. The molecule has 1 aliphatic heterocycles. The van der Waals surface area contributed by atoms with E-state index in [4.69, 9.17) is 27.9 Å². The molecule has 0 bridgehead atoms. The van der Waals surface area contributed by atoms with Crippen molar-refractivity contribution in [3.05, 3.63) is 0 Å². The summed E-state index contributed by atoms with van der Waals surface area (Å²) in [4.78, 5) is 1.18. The molecule has 0 radical (unpaired) electrons. The third-order valence-corrected chi connectivity index (χ3v) is 5.80. The normalized spacial score (nSPS) is 34.2. The van der Waals surface area contributed by atoms with Crippen LogP contribution >= 0.6 is 23.2 Å². The molecule has 0 spiro atoms. The van der Waals surface area contributed by atoms with Gasteiger partial charge in [-0.05, 0) is 0 Å². The average Bonchev–Trinajstić information content (AvgIpc) is 2.05. The van der Waals surface area contributed by atoms with Crippen molar-refractivity contribution >= 4 is 38.2 Å². The second kappa shape index (κ2) is 4.84. The van der Waals surface area contributed by atoms with E-state index in [1.165, 1.54) is 0 Å². The van der Waals surface area contributed by atoms with Crippen LogP contribution in [0.1, 0.15) is 0 Å². The number of hydrogen-bond donors (Lipinski definition) is 0. The van der Waals surface area contributed by atoms with Gasteiger partial charge in [0.2, 0.25) is 0 Å². The van der Waals surface area contributed by atoms with Crippen LogP contribution in [0.3, 0.4) is 0 Å². The summed E-state index contributed by atoms with van der Waals surface area (Å²) >= 11 is 12.0. The van der Waals surface area contributed by atoms with Gasteiger partial charge < -0.3 is 0 Å². The van der Waals surface area contributed by atoms with E-state index in [1.807, 2.05) is 0 Å². The van der Waals surface area contributed by atoms with Gasteiger partial charge >= 0.3 is 77.5 Å². The van der Waals surface area contributed by atoms with Gasteiger partial charge in [-0.1, -0.05) is 0 Å². The molecule has 2 unspecified atom stereocenters. The Kier molecular flexibility index (Phi) is 4.43. The van der Waals surface area contributed by atoms with Crippen molar-refractivity contribution in [2.75, 3.05) is 25.0 Å². The molecule has 1 rings (SSSR count).